The van der Waals surface area contributed by atoms with Gasteiger partial charge in [-0.25, -0.2) is 4.79 Å². The van der Waals surface area contributed by atoms with Crippen molar-refractivity contribution in [2.24, 2.45) is 11.7 Å². The van der Waals surface area contributed by atoms with E-state index in [1.807, 2.05) is 25.1 Å². The van der Waals surface area contributed by atoms with Crippen molar-refractivity contribution >= 4 is 11.9 Å². The molecule has 1 aromatic carbocycles. The molecule has 1 fully saturated rings. The summed E-state index contributed by atoms with van der Waals surface area (Å²) >= 11 is 0. The Morgan fingerprint density at radius 3 is 2.77 bits per heavy atom. The van der Waals surface area contributed by atoms with Crippen LogP contribution in [0, 0.1) is 5.92 Å². The van der Waals surface area contributed by atoms with Crippen molar-refractivity contribution in [3.05, 3.63) is 35.9 Å². The van der Waals surface area contributed by atoms with Gasteiger partial charge >= 0.3 is 6.03 Å². The van der Waals surface area contributed by atoms with Crippen LogP contribution < -0.4 is 11.1 Å². The van der Waals surface area contributed by atoms with Crippen molar-refractivity contribution in [3.8, 4) is 0 Å². The zero-order valence-electron chi connectivity index (χ0n) is 13.1. The highest BCUT2D eigenvalue weighted by Crippen LogP contribution is 2.16. The molecule has 1 saturated heterocycles. The van der Waals surface area contributed by atoms with Gasteiger partial charge in [-0.2, -0.15) is 0 Å². The van der Waals surface area contributed by atoms with Crippen molar-refractivity contribution in [1.82, 2.24) is 10.2 Å². The number of nitrogens with zero attached hydrogens (tertiary/aromatic N) is 1. The van der Waals surface area contributed by atoms with E-state index in [-0.39, 0.29) is 23.9 Å². The normalized spacial score (nSPS) is 19.5. The molecule has 1 aliphatic heterocycles. The largest absolute Gasteiger partial charge is 0.369 e. The van der Waals surface area contributed by atoms with Crippen LogP contribution in [-0.4, -0.2) is 36.0 Å². The number of nitrogens with one attached hydrogen (secondary N) is 1. The predicted octanol–water partition coefficient (Wildman–Crippen LogP) is 1.91. The standard InChI is InChI=1S/C17H25N3O2/c1-13(9-10-14-6-3-2-4-7-14)19-17(22)20-11-5-8-15(12-20)16(18)21/h2-4,6-7,13,15H,5,8-12H2,1H3,(H2,18,21)(H,19,22)/t13-,15-/m0/s1. The van der Waals surface area contributed by atoms with Gasteiger partial charge in [0.1, 0.15) is 0 Å². The first-order valence-electron chi connectivity index (χ1n) is 7.95. The van der Waals surface area contributed by atoms with Gasteiger partial charge < -0.3 is 16.0 Å². The number of amides is 3. The van der Waals surface area contributed by atoms with E-state index in [0.29, 0.717) is 13.1 Å². The van der Waals surface area contributed by atoms with Gasteiger partial charge in [-0.05, 0) is 38.2 Å². The van der Waals surface area contributed by atoms with E-state index in [2.05, 4.69) is 17.4 Å². The Balaban J connectivity index is 1.77. The first kappa shape index (κ1) is 16.3. The monoisotopic (exact) mass is 303 g/mol. The van der Waals surface area contributed by atoms with Gasteiger partial charge in [-0.3, -0.25) is 4.79 Å². The molecule has 22 heavy (non-hydrogen) atoms. The summed E-state index contributed by atoms with van der Waals surface area (Å²) in [5, 5.41) is 3.01. The molecule has 1 heterocycles. The Labute approximate surface area is 131 Å². The summed E-state index contributed by atoms with van der Waals surface area (Å²) in [5.74, 6) is -0.520. The van der Waals surface area contributed by atoms with E-state index in [0.717, 1.165) is 25.7 Å². The summed E-state index contributed by atoms with van der Waals surface area (Å²) in [7, 11) is 0. The maximum absolute atomic E-state index is 12.3. The molecule has 5 nitrogen and oxygen atoms in total. The summed E-state index contributed by atoms with van der Waals surface area (Å²) in [6.07, 6.45) is 3.44. The van der Waals surface area contributed by atoms with Gasteiger partial charge in [0.2, 0.25) is 5.91 Å². The molecule has 0 spiro atoms. The van der Waals surface area contributed by atoms with E-state index in [4.69, 9.17) is 5.73 Å². The van der Waals surface area contributed by atoms with Gasteiger partial charge in [0.15, 0.2) is 0 Å². The number of nitrogens with two attached hydrogens (primary N) is 1. The summed E-state index contributed by atoms with van der Waals surface area (Å²) < 4.78 is 0. The molecule has 0 bridgehead atoms. The molecule has 5 heteroatoms. The molecule has 1 aliphatic rings. The van der Waals surface area contributed by atoms with Gasteiger partial charge in [0.25, 0.3) is 0 Å². The molecule has 2 rings (SSSR count). The molecule has 0 saturated carbocycles. The average molecular weight is 303 g/mol. The van der Waals surface area contributed by atoms with Crippen LogP contribution >= 0.6 is 0 Å². The molecule has 120 valence electrons. The van der Waals surface area contributed by atoms with E-state index >= 15 is 0 Å². The smallest absolute Gasteiger partial charge is 0.317 e. The van der Waals surface area contributed by atoms with E-state index in [9.17, 15) is 9.59 Å². The zero-order valence-corrected chi connectivity index (χ0v) is 13.1. The Hall–Kier alpha value is -2.04. The fourth-order valence-electron chi connectivity index (χ4n) is 2.80. The van der Waals surface area contributed by atoms with Crippen LogP contribution in [0.15, 0.2) is 30.3 Å². The Morgan fingerprint density at radius 2 is 2.09 bits per heavy atom. The van der Waals surface area contributed by atoms with E-state index in [1.165, 1.54) is 5.56 Å². The van der Waals surface area contributed by atoms with Gasteiger partial charge in [-0.15, -0.1) is 0 Å². The van der Waals surface area contributed by atoms with Crippen LogP contribution in [0.1, 0.15) is 31.7 Å². The molecule has 1 aromatic rings. The molecule has 3 N–H and O–H groups in total. The molecule has 2 atom stereocenters. The number of hydrogen-bond donors (Lipinski definition) is 2. The lowest BCUT2D eigenvalue weighted by molar-refractivity contribution is -0.123. The third-order valence-corrected chi connectivity index (χ3v) is 4.19. The second-order valence-corrected chi connectivity index (χ2v) is 6.06. The molecule has 0 aromatic heterocycles. The molecular weight excluding hydrogens is 278 g/mol. The number of likely N-dealkylation sites (tertiary alicyclic amines) is 1. The van der Waals surface area contributed by atoms with Crippen LogP contribution in [0.25, 0.3) is 0 Å². The maximum atomic E-state index is 12.3. The van der Waals surface area contributed by atoms with Crippen LogP contribution in [0.5, 0.6) is 0 Å². The third kappa shape index (κ3) is 4.76. The predicted molar refractivity (Wildman–Crippen MR) is 86.2 cm³/mol. The fourth-order valence-corrected chi connectivity index (χ4v) is 2.80. The number of carbonyl (C=O) groups is 2. The highest BCUT2D eigenvalue weighted by Gasteiger charge is 2.27. The van der Waals surface area contributed by atoms with E-state index < -0.39 is 0 Å². The highest BCUT2D eigenvalue weighted by atomic mass is 16.2. The lowest BCUT2D eigenvalue weighted by Crippen LogP contribution is -2.50. The summed E-state index contributed by atoms with van der Waals surface area (Å²) in [4.78, 5) is 25.2. The number of benzene rings is 1. The third-order valence-electron chi connectivity index (χ3n) is 4.19. The Bertz CT molecular complexity index is 504. The number of aryl methyl sites for hydroxylation is 1. The minimum atomic E-state index is -0.311. The van der Waals surface area contributed by atoms with Crippen molar-refractivity contribution in [3.63, 3.8) is 0 Å². The Kier molecular flexibility index (Phi) is 5.81. The second kappa shape index (κ2) is 7.82. The number of primary amides is 1. The lowest BCUT2D eigenvalue weighted by atomic mass is 9.98. The molecule has 3 amide bonds. The summed E-state index contributed by atoms with van der Waals surface area (Å²) in [6, 6.07) is 10.2. The minimum Gasteiger partial charge on any atom is -0.369 e. The number of hydrogen-bond acceptors (Lipinski definition) is 2. The molecule has 0 unspecified atom stereocenters. The quantitative estimate of drug-likeness (QED) is 0.872. The van der Waals surface area contributed by atoms with Crippen molar-refractivity contribution < 1.29 is 9.59 Å². The zero-order chi connectivity index (χ0) is 15.9. The Morgan fingerprint density at radius 1 is 1.36 bits per heavy atom. The topological polar surface area (TPSA) is 75.4 Å². The second-order valence-electron chi connectivity index (χ2n) is 6.06. The minimum absolute atomic E-state index is 0.0912. The maximum Gasteiger partial charge on any atom is 0.317 e. The number of rotatable bonds is 5. The first-order chi connectivity index (χ1) is 10.6. The molecular formula is C17H25N3O2. The highest BCUT2D eigenvalue weighted by molar-refractivity contribution is 5.79. The fraction of sp³-hybridized carbons (Fsp3) is 0.529. The summed E-state index contributed by atoms with van der Waals surface area (Å²) in [6.45, 7) is 3.14. The lowest BCUT2D eigenvalue weighted by Gasteiger charge is -2.32. The van der Waals surface area contributed by atoms with Crippen molar-refractivity contribution in [1.29, 1.82) is 0 Å². The first-order valence-corrected chi connectivity index (χ1v) is 7.95. The summed E-state index contributed by atoms with van der Waals surface area (Å²) in [5.41, 5.74) is 6.62. The SMILES string of the molecule is C[C@@H](CCc1ccccc1)NC(=O)N1CCC[C@H](C(N)=O)C1. The van der Waals surface area contributed by atoms with Crippen LogP contribution in [0.4, 0.5) is 4.79 Å². The van der Waals surface area contributed by atoms with Crippen molar-refractivity contribution in [2.75, 3.05) is 13.1 Å². The van der Waals surface area contributed by atoms with Crippen LogP contribution in [-0.2, 0) is 11.2 Å². The number of piperidine rings is 1. The van der Waals surface area contributed by atoms with Gasteiger partial charge in [-0.1, -0.05) is 30.3 Å². The molecule has 0 aliphatic carbocycles. The van der Waals surface area contributed by atoms with Crippen LogP contribution in [0.3, 0.4) is 0 Å². The van der Waals surface area contributed by atoms with Crippen molar-refractivity contribution in [2.45, 2.75) is 38.6 Å². The van der Waals surface area contributed by atoms with Gasteiger partial charge in [0, 0.05) is 19.1 Å². The van der Waals surface area contributed by atoms with E-state index in [1.54, 1.807) is 4.90 Å². The molecule has 0 radical (unpaired) electrons. The van der Waals surface area contributed by atoms with Gasteiger partial charge in [0.05, 0.1) is 5.92 Å². The average Bonchev–Trinajstić information content (AvgIpc) is 2.54. The number of carbonyl (C=O) groups excluding carboxylic acids is 2. The number of urea groups is 1. The van der Waals surface area contributed by atoms with Crippen LogP contribution in [0.2, 0.25) is 0 Å².